The molecule has 114 valence electrons. The van der Waals surface area contributed by atoms with Crippen LogP contribution in [-0.2, 0) is 9.53 Å². The number of fused-ring (bicyclic) bond motifs is 2. The summed E-state index contributed by atoms with van der Waals surface area (Å²) in [6.45, 7) is 2.06. The number of nitrogens with zero attached hydrogens (tertiary/aromatic N) is 1. The molecule has 5 atom stereocenters. The normalized spacial score (nSPS) is 35.7. The number of aliphatic hydroxyl groups excluding tert-OH is 1. The maximum Gasteiger partial charge on any atom is 0.310 e. The number of methoxy groups -OCH3 is 1. The van der Waals surface area contributed by atoms with Crippen LogP contribution in [0, 0.1) is 12.8 Å². The molecule has 0 radical (unpaired) electrons. The number of esters is 1. The minimum Gasteiger partial charge on any atom is -0.469 e. The zero-order chi connectivity index (χ0) is 15.1. The second-order valence-corrected chi connectivity index (χ2v) is 6.41. The third-order valence-corrected chi connectivity index (χ3v) is 5.30. The van der Waals surface area contributed by atoms with Crippen molar-refractivity contribution in [2.75, 3.05) is 14.2 Å². The van der Waals surface area contributed by atoms with Crippen molar-refractivity contribution in [1.82, 2.24) is 4.90 Å². The maximum absolute atomic E-state index is 12.3. The Balaban J connectivity index is 1.97. The molecule has 2 aliphatic heterocycles. The van der Waals surface area contributed by atoms with E-state index in [1.54, 1.807) is 0 Å². The fraction of sp³-hybridized carbons (Fsp3) is 0.588. The molecule has 2 saturated heterocycles. The van der Waals surface area contributed by atoms with Gasteiger partial charge in [0, 0.05) is 18.0 Å². The Kier molecular flexibility index (Phi) is 3.76. The zero-order valence-electron chi connectivity index (χ0n) is 12.8. The van der Waals surface area contributed by atoms with Crippen molar-refractivity contribution in [3.8, 4) is 0 Å². The SMILES string of the molecule is COC(=O)[C@@H]1C2C[C@@H](O)C(C[C@H]1c1ccc(C)cc1)N2C. The van der Waals surface area contributed by atoms with Crippen LogP contribution in [0.25, 0.3) is 0 Å². The Morgan fingerprint density at radius 3 is 2.52 bits per heavy atom. The smallest absolute Gasteiger partial charge is 0.310 e. The fourth-order valence-electron chi connectivity index (χ4n) is 4.10. The number of piperidine rings is 1. The topological polar surface area (TPSA) is 49.8 Å². The van der Waals surface area contributed by atoms with E-state index in [0.717, 1.165) is 6.42 Å². The third kappa shape index (κ3) is 2.36. The van der Waals surface area contributed by atoms with Crippen molar-refractivity contribution in [1.29, 1.82) is 0 Å². The number of aliphatic hydroxyl groups is 1. The number of ether oxygens (including phenoxy) is 1. The van der Waals surface area contributed by atoms with Gasteiger partial charge in [0.1, 0.15) is 0 Å². The molecule has 2 bridgehead atoms. The lowest BCUT2D eigenvalue weighted by atomic mass is 9.76. The minimum atomic E-state index is -0.345. The first kappa shape index (κ1) is 14.5. The summed E-state index contributed by atoms with van der Waals surface area (Å²) in [6, 6.07) is 8.58. The van der Waals surface area contributed by atoms with E-state index in [1.807, 2.05) is 7.05 Å². The lowest BCUT2D eigenvalue weighted by Crippen LogP contribution is -2.49. The number of benzene rings is 1. The van der Waals surface area contributed by atoms with E-state index in [2.05, 4.69) is 36.1 Å². The van der Waals surface area contributed by atoms with Crippen LogP contribution in [0.2, 0.25) is 0 Å². The van der Waals surface area contributed by atoms with E-state index in [-0.39, 0.29) is 36.0 Å². The molecule has 2 aliphatic rings. The second-order valence-electron chi connectivity index (χ2n) is 6.41. The first-order valence-electron chi connectivity index (χ1n) is 7.57. The molecule has 1 aromatic rings. The van der Waals surface area contributed by atoms with Crippen LogP contribution >= 0.6 is 0 Å². The fourth-order valence-corrected chi connectivity index (χ4v) is 4.10. The van der Waals surface area contributed by atoms with E-state index in [4.69, 9.17) is 4.74 Å². The van der Waals surface area contributed by atoms with Crippen molar-refractivity contribution in [2.24, 2.45) is 5.92 Å². The number of aryl methyl sites for hydroxylation is 1. The number of carbonyl (C=O) groups excluding carboxylic acids is 1. The lowest BCUT2D eigenvalue weighted by Gasteiger charge is -2.41. The highest BCUT2D eigenvalue weighted by molar-refractivity contribution is 5.75. The van der Waals surface area contributed by atoms with Crippen LogP contribution in [0.1, 0.15) is 29.9 Å². The molecule has 2 fully saturated rings. The van der Waals surface area contributed by atoms with Gasteiger partial charge in [-0.1, -0.05) is 29.8 Å². The second kappa shape index (κ2) is 5.43. The van der Waals surface area contributed by atoms with E-state index in [0.29, 0.717) is 6.42 Å². The third-order valence-electron chi connectivity index (χ3n) is 5.30. The number of carbonyl (C=O) groups is 1. The summed E-state index contributed by atoms with van der Waals surface area (Å²) in [6.07, 6.45) is 1.11. The summed E-state index contributed by atoms with van der Waals surface area (Å²) < 4.78 is 5.05. The average Bonchev–Trinajstić information content (AvgIpc) is 2.66. The lowest BCUT2D eigenvalue weighted by molar-refractivity contribution is -0.150. The maximum atomic E-state index is 12.3. The van der Waals surface area contributed by atoms with Crippen LogP contribution in [0.15, 0.2) is 24.3 Å². The molecule has 4 nitrogen and oxygen atoms in total. The summed E-state index contributed by atoms with van der Waals surface area (Å²) in [5.41, 5.74) is 2.39. The number of hydrogen-bond donors (Lipinski definition) is 1. The Bertz CT molecular complexity index is 527. The number of hydrogen-bond acceptors (Lipinski definition) is 4. The van der Waals surface area contributed by atoms with Crippen molar-refractivity contribution in [3.63, 3.8) is 0 Å². The molecule has 4 heteroatoms. The minimum absolute atomic E-state index is 0.0671. The molecule has 0 aliphatic carbocycles. The van der Waals surface area contributed by atoms with Gasteiger partial charge in [-0.15, -0.1) is 0 Å². The van der Waals surface area contributed by atoms with E-state index < -0.39 is 0 Å². The molecule has 0 aromatic heterocycles. The highest BCUT2D eigenvalue weighted by Crippen LogP contribution is 2.46. The van der Waals surface area contributed by atoms with Gasteiger partial charge >= 0.3 is 5.97 Å². The zero-order valence-corrected chi connectivity index (χ0v) is 12.8. The Labute approximate surface area is 125 Å². The molecular weight excluding hydrogens is 266 g/mol. The quantitative estimate of drug-likeness (QED) is 0.842. The molecule has 21 heavy (non-hydrogen) atoms. The van der Waals surface area contributed by atoms with Gasteiger partial charge in [0.15, 0.2) is 0 Å². The van der Waals surface area contributed by atoms with Gasteiger partial charge in [0.2, 0.25) is 0 Å². The van der Waals surface area contributed by atoms with E-state index in [9.17, 15) is 9.90 Å². The van der Waals surface area contributed by atoms with Gasteiger partial charge in [-0.2, -0.15) is 0 Å². The molecule has 2 unspecified atom stereocenters. The van der Waals surface area contributed by atoms with Gasteiger partial charge in [-0.05, 0) is 32.4 Å². The summed E-state index contributed by atoms with van der Waals surface area (Å²) >= 11 is 0. The number of rotatable bonds is 2. The summed E-state index contributed by atoms with van der Waals surface area (Å²) in [7, 11) is 3.46. The van der Waals surface area contributed by atoms with Crippen LogP contribution in [0.5, 0.6) is 0 Å². The molecular formula is C17H23NO3. The Morgan fingerprint density at radius 2 is 1.90 bits per heavy atom. The Morgan fingerprint density at radius 1 is 1.24 bits per heavy atom. The first-order chi connectivity index (χ1) is 10.0. The molecule has 3 rings (SSSR count). The molecule has 0 amide bonds. The highest BCUT2D eigenvalue weighted by atomic mass is 16.5. The standard InChI is InChI=1S/C17H23NO3/c1-10-4-6-11(7-5-10)12-8-13-15(19)9-14(18(13)2)16(12)17(20)21-3/h4-7,12-16,19H,8-9H2,1-3H3/t12-,13?,14?,15+,16-/m0/s1. The van der Waals surface area contributed by atoms with Crippen molar-refractivity contribution in [3.05, 3.63) is 35.4 Å². The molecule has 1 N–H and O–H groups in total. The van der Waals surface area contributed by atoms with Crippen molar-refractivity contribution < 1.29 is 14.6 Å². The van der Waals surface area contributed by atoms with Gasteiger partial charge in [0.25, 0.3) is 0 Å². The highest BCUT2D eigenvalue weighted by Gasteiger charge is 2.53. The molecule has 1 aromatic carbocycles. The predicted molar refractivity (Wildman–Crippen MR) is 80.0 cm³/mol. The van der Waals surface area contributed by atoms with Gasteiger partial charge < -0.3 is 9.84 Å². The first-order valence-corrected chi connectivity index (χ1v) is 7.57. The van der Waals surface area contributed by atoms with Crippen molar-refractivity contribution >= 4 is 5.97 Å². The summed E-state index contributed by atoms with van der Waals surface area (Å²) in [4.78, 5) is 14.5. The average molecular weight is 289 g/mol. The molecule has 0 spiro atoms. The largest absolute Gasteiger partial charge is 0.469 e. The van der Waals surface area contributed by atoms with Gasteiger partial charge in [-0.3, -0.25) is 9.69 Å². The van der Waals surface area contributed by atoms with Gasteiger partial charge in [0.05, 0.1) is 19.1 Å². The van der Waals surface area contributed by atoms with E-state index >= 15 is 0 Å². The monoisotopic (exact) mass is 289 g/mol. The van der Waals surface area contributed by atoms with E-state index in [1.165, 1.54) is 18.2 Å². The number of likely N-dealkylation sites (N-methyl/N-ethyl adjacent to an activating group) is 1. The summed E-state index contributed by atoms with van der Waals surface area (Å²) in [5, 5.41) is 10.3. The van der Waals surface area contributed by atoms with Crippen LogP contribution in [0.3, 0.4) is 0 Å². The van der Waals surface area contributed by atoms with Crippen LogP contribution in [-0.4, -0.2) is 48.3 Å². The summed E-state index contributed by atoms with van der Waals surface area (Å²) in [5.74, 6) is -0.234. The molecule has 2 heterocycles. The predicted octanol–water partition coefficient (Wildman–Crippen LogP) is 1.71. The van der Waals surface area contributed by atoms with Crippen LogP contribution < -0.4 is 0 Å². The Hall–Kier alpha value is -1.39. The van der Waals surface area contributed by atoms with Gasteiger partial charge in [-0.25, -0.2) is 0 Å². The van der Waals surface area contributed by atoms with Crippen LogP contribution in [0.4, 0.5) is 0 Å². The molecule has 0 saturated carbocycles. The van der Waals surface area contributed by atoms with Crippen molar-refractivity contribution in [2.45, 2.75) is 43.9 Å².